The van der Waals surface area contributed by atoms with E-state index in [4.69, 9.17) is 4.74 Å². The summed E-state index contributed by atoms with van der Waals surface area (Å²) in [5.41, 5.74) is 3.58. The molecule has 0 heterocycles. The van der Waals surface area contributed by atoms with E-state index >= 15 is 0 Å². The van der Waals surface area contributed by atoms with Gasteiger partial charge in [-0.25, -0.2) is 9.59 Å². The Morgan fingerprint density at radius 1 is 1.09 bits per heavy atom. The van der Waals surface area contributed by atoms with Gasteiger partial charge in [-0.1, -0.05) is 55.5 Å². The van der Waals surface area contributed by atoms with E-state index in [1.807, 2.05) is 31.2 Å². The van der Waals surface area contributed by atoms with Crippen molar-refractivity contribution in [3.63, 3.8) is 0 Å². The summed E-state index contributed by atoms with van der Waals surface area (Å²) >= 11 is 0. The van der Waals surface area contributed by atoms with E-state index in [-0.39, 0.29) is 30.9 Å². The van der Waals surface area contributed by atoms with Gasteiger partial charge in [0.15, 0.2) is 0 Å². The SMILES string of the molecule is CCC(CCC(=O)N(C)C1(C(=O)O)CCC1)NC(=O)OCC1c2ccccc2-c2ccccc21. The number of carbonyl (C=O) groups excluding carboxylic acids is 2. The molecule has 2 amide bonds. The van der Waals surface area contributed by atoms with Gasteiger partial charge in [0.2, 0.25) is 5.91 Å². The first kappa shape index (κ1) is 23.8. The lowest BCUT2D eigenvalue weighted by atomic mass is 9.75. The van der Waals surface area contributed by atoms with E-state index < -0.39 is 17.6 Å². The third-order valence-corrected chi connectivity index (χ3v) is 7.46. The van der Waals surface area contributed by atoms with Gasteiger partial charge in [-0.05, 0) is 54.4 Å². The second-order valence-corrected chi connectivity index (χ2v) is 9.26. The maximum atomic E-state index is 12.6. The Labute approximate surface area is 200 Å². The number of fused-ring (bicyclic) bond motifs is 3. The Kier molecular flexibility index (Phi) is 6.91. The number of hydrogen-bond donors (Lipinski definition) is 2. The van der Waals surface area contributed by atoms with Crippen LogP contribution in [-0.2, 0) is 14.3 Å². The average Bonchev–Trinajstić information content (AvgIpc) is 3.12. The molecule has 0 saturated heterocycles. The molecule has 2 aliphatic rings. The highest BCUT2D eigenvalue weighted by Crippen LogP contribution is 2.44. The fraction of sp³-hybridized carbons (Fsp3) is 0.444. The minimum Gasteiger partial charge on any atom is -0.479 e. The molecule has 1 unspecified atom stereocenters. The van der Waals surface area contributed by atoms with Gasteiger partial charge < -0.3 is 20.1 Å². The molecule has 0 aromatic heterocycles. The number of benzene rings is 2. The number of hydrogen-bond acceptors (Lipinski definition) is 4. The monoisotopic (exact) mass is 464 g/mol. The first-order valence-corrected chi connectivity index (χ1v) is 12.0. The zero-order chi connectivity index (χ0) is 24.3. The first-order valence-electron chi connectivity index (χ1n) is 12.0. The van der Waals surface area contributed by atoms with Crippen molar-refractivity contribution >= 4 is 18.0 Å². The number of likely N-dealkylation sites (N-methyl/N-ethyl adjacent to an activating group) is 1. The second kappa shape index (κ2) is 9.87. The normalized spacial score (nSPS) is 16.5. The van der Waals surface area contributed by atoms with Crippen LogP contribution in [0.25, 0.3) is 11.1 Å². The number of carbonyl (C=O) groups is 3. The van der Waals surface area contributed by atoms with Crippen LogP contribution in [0, 0.1) is 0 Å². The predicted octanol–water partition coefficient (Wildman–Crippen LogP) is 4.55. The summed E-state index contributed by atoms with van der Waals surface area (Å²) < 4.78 is 5.62. The molecular formula is C27H32N2O5. The van der Waals surface area contributed by atoms with Gasteiger partial charge in [-0.2, -0.15) is 0 Å². The fourth-order valence-corrected chi connectivity index (χ4v) is 5.09. The number of carboxylic acid groups (broad SMARTS) is 1. The zero-order valence-electron chi connectivity index (χ0n) is 19.8. The molecule has 2 N–H and O–H groups in total. The number of aliphatic carboxylic acids is 1. The quantitative estimate of drug-likeness (QED) is 0.568. The number of alkyl carbamates (subject to hydrolysis) is 1. The van der Waals surface area contributed by atoms with Crippen molar-refractivity contribution in [3.8, 4) is 11.1 Å². The van der Waals surface area contributed by atoms with Crippen molar-refractivity contribution in [2.24, 2.45) is 0 Å². The molecule has 1 saturated carbocycles. The standard InChI is InChI=1S/C27H32N2O5/c1-3-18(13-14-24(30)29(2)27(25(31)32)15-8-16-27)28-26(33)34-17-23-21-11-6-4-9-19(21)20-10-5-7-12-22(20)23/h4-7,9-12,18,23H,3,8,13-17H2,1-2H3,(H,28,33)(H,31,32). The highest BCUT2D eigenvalue weighted by molar-refractivity contribution is 5.87. The summed E-state index contributed by atoms with van der Waals surface area (Å²) in [6, 6.07) is 16.1. The molecule has 0 bridgehead atoms. The molecule has 180 valence electrons. The number of nitrogens with one attached hydrogen (secondary N) is 1. The third kappa shape index (κ3) is 4.39. The van der Waals surface area contributed by atoms with Gasteiger partial charge >= 0.3 is 12.1 Å². The van der Waals surface area contributed by atoms with Crippen LogP contribution in [0.4, 0.5) is 4.79 Å². The lowest BCUT2D eigenvalue weighted by molar-refractivity contribution is -0.164. The van der Waals surface area contributed by atoms with Crippen LogP contribution in [0.3, 0.4) is 0 Å². The zero-order valence-corrected chi connectivity index (χ0v) is 19.8. The van der Waals surface area contributed by atoms with Crippen molar-refractivity contribution in [1.29, 1.82) is 0 Å². The topological polar surface area (TPSA) is 95.9 Å². The van der Waals surface area contributed by atoms with Crippen LogP contribution >= 0.6 is 0 Å². The number of rotatable bonds is 9. The Morgan fingerprint density at radius 3 is 2.18 bits per heavy atom. The molecule has 2 aliphatic carbocycles. The maximum absolute atomic E-state index is 12.6. The molecule has 2 aromatic carbocycles. The van der Waals surface area contributed by atoms with Gasteiger partial charge in [0.25, 0.3) is 0 Å². The molecule has 34 heavy (non-hydrogen) atoms. The van der Waals surface area contributed by atoms with Crippen molar-refractivity contribution in [2.45, 2.75) is 62.9 Å². The number of carboxylic acids is 1. The minimum atomic E-state index is -1.07. The molecule has 0 spiro atoms. The summed E-state index contributed by atoms with van der Waals surface area (Å²) in [7, 11) is 1.57. The van der Waals surface area contributed by atoms with Gasteiger partial charge in [0, 0.05) is 25.4 Å². The van der Waals surface area contributed by atoms with Crippen LogP contribution in [0.5, 0.6) is 0 Å². The highest BCUT2D eigenvalue weighted by Gasteiger charge is 2.49. The molecule has 4 rings (SSSR count). The molecule has 1 fully saturated rings. The van der Waals surface area contributed by atoms with Gasteiger partial charge in [-0.3, -0.25) is 4.79 Å². The Morgan fingerprint density at radius 2 is 1.68 bits per heavy atom. The Bertz CT molecular complexity index is 1030. The van der Waals surface area contributed by atoms with Crippen molar-refractivity contribution in [3.05, 3.63) is 59.7 Å². The van der Waals surface area contributed by atoms with Crippen molar-refractivity contribution in [1.82, 2.24) is 10.2 Å². The molecule has 7 heteroatoms. The molecule has 0 aliphatic heterocycles. The van der Waals surface area contributed by atoms with E-state index in [0.29, 0.717) is 25.7 Å². The molecule has 0 radical (unpaired) electrons. The predicted molar refractivity (Wildman–Crippen MR) is 129 cm³/mol. The number of amides is 2. The molecule has 7 nitrogen and oxygen atoms in total. The first-order chi connectivity index (χ1) is 16.4. The van der Waals surface area contributed by atoms with Crippen LogP contribution in [0.1, 0.15) is 62.5 Å². The summed E-state index contributed by atoms with van der Waals surface area (Å²) in [6.07, 6.45) is 2.53. The molecule has 2 aromatic rings. The third-order valence-electron chi connectivity index (χ3n) is 7.46. The van der Waals surface area contributed by atoms with Crippen molar-refractivity contribution < 1.29 is 24.2 Å². The summed E-state index contributed by atoms with van der Waals surface area (Å²) in [4.78, 5) is 38.2. The highest BCUT2D eigenvalue weighted by atomic mass is 16.5. The van der Waals surface area contributed by atoms with E-state index in [0.717, 1.165) is 17.5 Å². The van der Waals surface area contributed by atoms with E-state index in [1.54, 1.807) is 7.05 Å². The van der Waals surface area contributed by atoms with E-state index in [1.165, 1.54) is 16.0 Å². The fourth-order valence-electron chi connectivity index (χ4n) is 5.09. The number of ether oxygens (including phenoxy) is 1. The average molecular weight is 465 g/mol. The largest absolute Gasteiger partial charge is 0.479 e. The van der Waals surface area contributed by atoms with Gasteiger partial charge in [0.1, 0.15) is 12.1 Å². The number of nitrogens with zero attached hydrogens (tertiary/aromatic N) is 1. The van der Waals surface area contributed by atoms with Gasteiger partial charge in [0.05, 0.1) is 0 Å². The van der Waals surface area contributed by atoms with E-state index in [2.05, 4.69) is 29.6 Å². The van der Waals surface area contributed by atoms with Crippen molar-refractivity contribution in [2.75, 3.05) is 13.7 Å². The van der Waals surface area contributed by atoms with Crippen LogP contribution < -0.4 is 5.32 Å². The molecule has 1 atom stereocenters. The van der Waals surface area contributed by atoms with E-state index in [9.17, 15) is 19.5 Å². The summed E-state index contributed by atoms with van der Waals surface area (Å²) in [6.45, 7) is 2.17. The lowest BCUT2D eigenvalue weighted by Gasteiger charge is -2.45. The second-order valence-electron chi connectivity index (χ2n) is 9.26. The summed E-state index contributed by atoms with van der Waals surface area (Å²) in [5.74, 6) is -1.17. The Balaban J connectivity index is 1.30. The Hall–Kier alpha value is -3.35. The van der Waals surface area contributed by atoms with Crippen LogP contribution in [0.2, 0.25) is 0 Å². The van der Waals surface area contributed by atoms with Crippen LogP contribution in [-0.4, -0.2) is 53.2 Å². The smallest absolute Gasteiger partial charge is 0.407 e. The van der Waals surface area contributed by atoms with Gasteiger partial charge in [-0.15, -0.1) is 0 Å². The van der Waals surface area contributed by atoms with Crippen LogP contribution in [0.15, 0.2) is 48.5 Å². The minimum absolute atomic E-state index is 0.0110. The maximum Gasteiger partial charge on any atom is 0.407 e. The lowest BCUT2D eigenvalue weighted by Crippen LogP contribution is -2.59. The molecular weight excluding hydrogens is 432 g/mol. The summed E-state index contributed by atoms with van der Waals surface area (Å²) in [5, 5.41) is 12.4.